The second-order valence-corrected chi connectivity index (χ2v) is 3.39. The van der Waals surface area contributed by atoms with Crippen molar-refractivity contribution in [1.29, 1.82) is 0 Å². The molecule has 2 aromatic rings. The summed E-state index contributed by atoms with van der Waals surface area (Å²) in [6.07, 6.45) is 3.30. The highest BCUT2D eigenvalue weighted by Crippen LogP contribution is 2.26. The van der Waals surface area contributed by atoms with Crippen LogP contribution < -0.4 is 4.74 Å². The minimum atomic E-state index is 0.360. The Labute approximate surface area is 92.7 Å². The van der Waals surface area contributed by atoms with Gasteiger partial charge in [-0.15, -0.1) is 0 Å². The molecule has 0 N–H and O–H groups in total. The maximum atomic E-state index is 5.92. The summed E-state index contributed by atoms with van der Waals surface area (Å²) in [4.78, 5) is 8.03. The van der Waals surface area contributed by atoms with Crippen molar-refractivity contribution in [2.24, 2.45) is 0 Å². The number of hydrogen-bond acceptors (Lipinski definition) is 3. The Morgan fingerprint density at radius 3 is 2.80 bits per heavy atom. The highest BCUT2D eigenvalue weighted by Gasteiger charge is 2.03. The molecule has 0 fully saturated rings. The van der Waals surface area contributed by atoms with Crippen LogP contribution in [-0.4, -0.2) is 9.97 Å². The summed E-state index contributed by atoms with van der Waals surface area (Å²) in [6.45, 7) is 1.87. The highest BCUT2D eigenvalue weighted by molar-refractivity contribution is 6.30. The van der Waals surface area contributed by atoms with E-state index in [0.717, 1.165) is 5.69 Å². The summed E-state index contributed by atoms with van der Waals surface area (Å²) < 4.78 is 5.51. The molecule has 0 bridgehead atoms. The van der Waals surface area contributed by atoms with Crippen molar-refractivity contribution in [1.82, 2.24) is 9.97 Å². The van der Waals surface area contributed by atoms with Crippen LogP contribution in [-0.2, 0) is 0 Å². The molecule has 15 heavy (non-hydrogen) atoms. The molecule has 2 aromatic heterocycles. The van der Waals surface area contributed by atoms with Crippen molar-refractivity contribution in [3.8, 4) is 11.5 Å². The molecule has 3 nitrogen and oxygen atoms in total. The van der Waals surface area contributed by atoms with Gasteiger partial charge < -0.3 is 4.74 Å². The molecule has 0 amide bonds. The van der Waals surface area contributed by atoms with Gasteiger partial charge in [-0.2, -0.15) is 0 Å². The summed E-state index contributed by atoms with van der Waals surface area (Å²) in [6, 6.07) is 7.24. The van der Waals surface area contributed by atoms with E-state index in [4.69, 9.17) is 16.3 Å². The van der Waals surface area contributed by atoms with Gasteiger partial charge >= 0.3 is 0 Å². The van der Waals surface area contributed by atoms with Crippen LogP contribution in [0, 0.1) is 6.92 Å². The fourth-order valence-corrected chi connectivity index (χ4v) is 1.36. The lowest BCUT2D eigenvalue weighted by atomic mass is 10.4. The third kappa shape index (κ3) is 2.44. The molecule has 0 radical (unpaired) electrons. The van der Waals surface area contributed by atoms with E-state index in [-0.39, 0.29) is 0 Å². The predicted molar refractivity (Wildman–Crippen MR) is 58.3 cm³/mol. The van der Waals surface area contributed by atoms with Crippen LogP contribution in [0.15, 0.2) is 36.7 Å². The van der Waals surface area contributed by atoms with E-state index in [0.29, 0.717) is 16.7 Å². The van der Waals surface area contributed by atoms with Crippen LogP contribution >= 0.6 is 11.6 Å². The SMILES string of the molecule is Cc1ccc(Oc2cccnc2)c(Cl)n1. The van der Waals surface area contributed by atoms with Crippen molar-refractivity contribution in [2.75, 3.05) is 0 Å². The Morgan fingerprint density at radius 2 is 2.13 bits per heavy atom. The lowest BCUT2D eigenvalue weighted by Gasteiger charge is -2.06. The molecular weight excluding hydrogens is 212 g/mol. The summed E-state index contributed by atoms with van der Waals surface area (Å²) in [5.41, 5.74) is 0.860. The monoisotopic (exact) mass is 220 g/mol. The number of hydrogen-bond donors (Lipinski definition) is 0. The first-order chi connectivity index (χ1) is 7.25. The van der Waals surface area contributed by atoms with Gasteiger partial charge in [0.2, 0.25) is 0 Å². The molecule has 0 spiro atoms. The normalized spacial score (nSPS) is 10.0. The lowest BCUT2D eigenvalue weighted by Crippen LogP contribution is -1.89. The second-order valence-electron chi connectivity index (χ2n) is 3.03. The van der Waals surface area contributed by atoms with Gasteiger partial charge in [-0.25, -0.2) is 4.98 Å². The number of pyridine rings is 2. The summed E-state index contributed by atoms with van der Waals surface area (Å²) in [7, 11) is 0. The van der Waals surface area contributed by atoms with Gasteiger partial charge in [-0.05, 0) is 31.2 Å². The zero-order valence-electron chi connectivity index (χ0n) is 8.14. The zero-order valence-corrected chi connectivity index (χ0v) is 8.90. The Morgan fingerprint density at radius 1 is 1.27 bits per heavy atom. The molecule has 0 aliphatic rings. The van der Waals surface area contributed by atoms with Crippen molar-refractivity contribution < 1.29 is 4.74 Å². The molecule has 0 saturated carbocycles. The number of ether oxygens (including phenoxy) is 1. The maximum absolute atomic E-state index is 5.92. The van der Waals surface area contributed by atoms with E-state index < -0.39 is 0 Å². The predicted octanol–water partition coefficient (Wildman–Crippen LogP) is 3.23. The lowest BCUT2D eigenvalue weighted by molar-refractivity contribution is 0.478. The summed E-state index contributed by atoms with van der Waals surface area (Å²) >= 11 is 5.92. The molecular formula is C11H9ClN2O. The van der Waals surface area contributed by atoms with Gasteiger partial charge in [0, 0.05) is 11.9 Å². The van der Waals surface area contributed by atoms with Crippen molar-refractivity contribution >= 4 is 11.6 Å². The highest BCUT2D eigenvalue weighted by atomic mass is 35.5. The first-order valence-corrected chi connectivity index (χ1v) is 4.84. The van der Waals surface area contributed by atoms with Crippen LogP contribution in [0.3, 0.4) is 0 Å². The van der Waals surface area contributed by atoms with Gasteiger partial charge in [0.15, 0.2) is 10.9 Å². The van der Waals surface area contributed by atoms with Crippen LogP contribution in [0.2, 0.25) is 5.15 Å². The average molecular weight is 221 g/mol. The number of aromatic nitrogens is 2. The minimum Gasteiger partial charge on any atom is -0.453 e. The van der Waals surface area contributed by atoms with Gasteiger partial charge in [0.1, 0.15) is 5.75 Å². The van der Waals surface area contributed by atoms with Crippen LogP contribution in [0.5, 0.6) is 11.5 Å². The molecule has 0 atom stereocenters. The second kappa shape index (κ2) is 4.28. The van der Waals surface area contributed by atoms with E-state index in [1.807, 2.05) is 19.1 Å². The van der Waals surface area contributed by atoms with E-state index in [1.165, 1.54) is 0 Å². The molecule has 0 saturated heterocycles. The van der Waals surface area contributed by atoms with Gasteiger partial charge in [-0.3, -0.25) is 4.98 Å². The van der Waals surface area contributed by atoms with E-state index in [9.17, 15) is 0 Å². The average Bonchev–Trinajstić information content (AvgIpc) is 2.24. The van der Waals surface area contributed by atoms with Gasteiger partial charge in [-0.1, -0.05) is 11.6 Å². The number of rotatable bonds is 2. The van der Waals surface area contributed by atoms with Crippen LogP contribution in [0.25, 0.3) is 0 Å². The summed E-state index contributed by atoms with van der Waals surface area (Å²) in [5, 5.41) is 0.360. The Kier molecular flexibility index (Phi) is 2.83. The van der Waals surface area contributed by atoms with Gasteiger partial charge in [0.05, 0.1) is 6.20 Å². The standard InChI is InChI=1S/C11H9ClN2O/c1-8-4-5-10(11(12)14-8)15-9-3-2-6-13-7-9/h2-7H,1H3. The third-order valence-electron chi connectivity index (χ3n) is 1.82. The quantitative estimate of drug-likeness (QED) is 0.729. The van der Waals surface area contributed by atoms with E-state index in [1.54, 1.807) is 24.5 Å². The van der Waals surface area contributed by atoms with Crippen molar-refractivity contribution in [3.05, 3.63) is 47.5 Å². The smallest absolute Gasteiger partial charge is 0.171 e. The van der Waals surface area contributed by atoms with Crippen LogP contribution in [0.4, 0.5) is 0 Å². The summed E-state index contributed by atoms with van der Waals surface area (Å²) in [5.74, 6) is 1.18. The fraction of sp³-hybridized carbons (Fsp3) is 0.0909. The van der Waals surface area contributed by atoms with Crippen molar-refractivity contribution in [3.63, 3.8) is 0 Å². The van der Waals surface area contributed by atoms with Crippen molar-refractivity contribution in [2.45, 2.75) is 6.92 Å². The molecule has 0 aliphatic heterocycles. The molecule has 76 valence electrons. The molecule has 2 heterocycles. The topological polar surface area (TPSA) is 35.0 Å². The Bertz CT molecular complexity index is 459. The Balaban J connectivity index is 2.25. The van der Waals surface area contributed by atoms with E-state index in [2.05, 4.69) is 9.97 Å². The Hall–Kier alpha value is -1.61. The van der Waals surface area contributed by atoms with E-state index >= 15 is 0 Å². The number of nitrogens with zero attached hydrogens (tertiary/aromatic N) is 2. The zero-order chi connectivity index (χ0) is 10.7. The minimum absolute atomic E-state index is 0.360. The largest absolute Gasteiger partial charge is 0.453 e. The number of halogens is 1. The number of aryl methyl sites for hydroxylation is 1. The molecule has 2 rings (SSSR count). The fourth-order valence-electron chi connectivity index (χ4n) is 1.12. The molecule has 0 unspecified atom stereocenters. The van der Waals surface area contributed by atoms with Gasteiger partial charge in [0.25, 0.3) is 0 Å². The first kappa shape index (κ1) is 9.93. The first-order valence-electron chi connectivity index (χ1n) is 4.47. The third-order valence-corrected chi connectivity index (χ3v) is 2.09. The molecule has 0 aliphatic carbocycles. The maximum Gasteiger partial charge on any atom is 0.171 e. The van der Waals surface area contributed by atoms with Crippen LogP contribution in [0.1, 0.15) is 5.69 Å². The molecule has 4 heteroatoms. The molecule has 0 aromatic carbocycles.